The van der Waals surface area contributed by atoms with E-state index in [-0.39, 0.29) is 0 Å². The van der Waals surface area contributed by atoms with Crippen LogP contribution in [0.2, 0.25) is 0 Å². The topological polar surface area (TPSA) is 29.3 Å². The summed E-state index contributed by atoms with van der Waals surface area (Å²) in [4.78, 5) is 2.62. The van der Waals surface area contributed by atoms with Gasteiger partial charge in [0.2, 0.25) is 0 Å². The molecule has 2 unspecified atom stereocenters. The van der Waals surface area contributed by atoms with E-state index in [9.17, 15) is 0 Å². The average molecular weight is 230 g/mol. The van der Waals surface area contributed by atoms with E-state index in [2.05, 4.69) is 30.0 Å². The normalized spacial score (nSPS) is 28.2. The van der Waals surface area contributed by atoms with Crippen LogP contribution in [0.4, 0.5) is 11.4 Å². The lowest BCUT2D eigenvalue weighted by molar-refractivity contribution is 0.342. The fourth-order valence-corrected chi connectivity index (χ4v) is 3.56. The van der Waals surface area contributed by atoms with Crippen molar-refractivity contribution < 1.29 is 0 Å². The highest BCUT2D eigenvalue weighted by atomic mass is 15.2. The molecule has 2 fully saturated rings. The largest absolute Gasteiger partial charge is 0.399 e. The third-order valence-corrected chi connectivity index (χ3v) is 4.60. The van der Waals surface area contributed by atoms with E-state index in [0.717, 1.165) is 17.6 Å². The minimum absolute atomic E-state index is 0.798. The molecule has 1 saturated carbocycles. The third kappa shape index (κ3) is 1.90. The third-order valence-electron chi connectivity index (χ3n) is 4.60. The first kappa shape index (κ1) is 10.9. The lowest BCUT2D eigenvalue weighted by Crippen LogP contribution is -2.34. The monoisotopic (exact) mass is 230 g/mol. The van der Waals surface area contributed by atoms with Gasteiger partial charge in [-0.3, -0.25) is 0 Å². The number of anilines is 2. The molecule has 0 bridgehead atoms. The lowest BCUT2D eigenvalue weighted by Gasteiger charge is -2.33. The molecule has 0 spiro atoms. The summed E-state index contributed by atoms with van der Waals surface area (Å²) >= 11 is 0. The second-order valence-electron chi connectivity index (χ2n) is 5.63. The van der Waals surface area contributed by atoms with Crippen LogP contribution in [-0.2, 0) is 0 Å². The van der Waals surface area contributed by atoms with Crippen LogP contribution in [0.15, 0.2) is 18.2 Å². The molecule has 1 saturated heterocycles. The quantitative estimate of drug-likeness (QED) is 0.750. The Morgan fingerprint density at radius 2 is 2.00 bits per heavy atom. The fraction of sp³-hybridized carbons (Fsp3) is 0.600. The van der Waals surface area contributed by atoms with E-state index in [1.165, 1.54) is 49.9 Å². The second kappa shape index (κ2) is 4.25. The fourth-order valence-electron chi connectivity index (χ4n) is 3.56. The number of hydrogen-bond acceptors (Lipinski definition) is 2. The van der Waals surface area contributed by atoms with E-state index < -0.39 is 0 Å². The number of benzene rings is 1. The van der Waals surface area contributed by atoms with E-state index in [1.54, 1.807) is 0 Å². The summed E-state index contributed by atoms with van der Waals surface area (Å²) in [5.41, 5.74) is 9.40. The molecule has 1 heterocycles. The summed E-state index contributed by atoms with van der Waals surface area (Å²) in [5.74, 6) is 0.946. The van der Waals surface area contributed by atoms with Gasteiger partial charge < -0.3 is 10.6 Å². The van der Waals surface area contributed by atoms with Gasteiger partial charge in [-0.15, -0.1) is 0 Å². The van der Waals surface area contributed by atoms with Crippen LogP contribution >= 0.6 is 0 Å². The molecule has 2 heteroatoms. The Kier molecular flexibility index (Phi) is 2.73. The zero-order chi connectivity index (χ0) is 11.8. The molecular formula is C15H22N2. The maximum absolute atomic E-state index is 5.90. The summed E-state index contributed by atoms with van der Waals surface area (Å²) < 4.78 is 0. The Balaban J connectivity index is 1.86. The highest BCUT2D eigenvalue weighted by molar-refractivity contribution is 5.59. The van der Waals surface area contributed by atoms with Gasteiger partial charge in [-0.1, -0.05) is 12.8 Å². The first-order chi connectivity index (χ1) is 8.25. The predicted octanol–water partition coefficient (Wildman–Crippen LogP) is 3.35. The molecule has 17 heavy (non-hydrogen) atoms. The molecule has 2 N–H and O–H groups in total. The number of nitrogens with zero attached hydrogens (tertiary/aromatic N) is 1. The van der Waals surface area contributed by atoms with Crippen LogP contribution in [0.5, 0.6) is 0 Å². The van der Waals surface area contributed by atoms with Gasteiger partial charge in [0.15, 0.2) is 0 Å². The summed E-state index contributed by atoms with van der Waals surface area (Å²) in [6.45, 7) is 3.34. The maximum Gasteiger partial charge on any atom is 0.0372 e. The van der Waals surface area contributed by atoms with Crippen LogP contribution in [0, 0.1) is 12.8 Å². The number of nitrogens with two attached hydrogens (primary N) is 1. The zero-order valence-electron chi connectivity index (χ0n) is 10.7. The van der Waals surface area contributed by atoms with Crippen LogP contribution in [0.1, 0.15) is 37.7 Å². The number of nitrogen functional groups attached to an aromatic ring is 1. The van der Waals surface area contributed by atoms with Gasteiger partial charge in [0.25, 0.3) is 0 Å². The molecule has 2 atom stereocenters. The standard InChI is InChI=1S/C15H22N2/c1-11-10-13(6-7-14(11)16)17-9-8-12-4-2-3-5-15(12)17/h6-7,10,12,15H,2-5,8-9,16H2,1H3. The Bertz CT molecular complexity index is 413. The zero-order valence-corrected chi connectivity index (χ0v) is 10.7. The molecule has 0 amide bonds. The maximum atomic E-state index is 5.90. The van der Waals surface area contributed by atoms with Crippen molar-refractivity contribution in [2.24, 2.45) is 5.92 Å². The molecule has 3 rings (SSSR count). The van der Waals surface area contributed by atoms with Gasteiger partial charge in [0.1, 0.15) is 0 Å². The van der Waals surface area contributed by atoms with Crippen molar-refractivity contribution in [1.29, 1.82) is 0 Å². The number of hydrogen-bond donors (Lipinski definition) is 1. The minimum Gasteiger partial charge on any atom is -0.399 e. The highest BCUT2D eigenvalue weighted by Crippen LogP contribution is 2.39. The van der Waals surface area contributed by atoms with Crippen molar-refractivity contribution in [1.82, 2.24) is 0 Å². The van der Waals surface area contributed by atoms with E-state index in [0.29, 0.717) is 0 Å². The summed E-state index contributed by atoms with van der Waals surface area (Å²) in [5, 5.41) is 0. The van der Waals surface area contributed by atoms with Gasteiger partial charge in [0, 0.05) is 24.0 Å². The van der Waals surface area contributed by atoms with Crippen molar-refractivity contribution in [2.45, 2.75) is 45.1 Å². The summed E-state index contributed by atoms with van der Waals surface area (Å²) in [6.07, 6.45) is 7.05. The Morgan fingerprint density at radius 1 is 1.18 bits per heavy atom. The van der Waals surface area contributed by atoms with Crippen molar-refractivity contribution in [3.05, 3.63) is 23.8 Å². The molecule has 0 radical (unpaired) electrons. The van der Waals surface area contributed by atoms with Crippen LogP contribution in [0.25, 0.3) is 0 Å². The van der Waals surface area contributed by atoms with E-state index >= 15 is 0 Å². The van der Waals surface area contributed by atoms with Crippen LogP contribution < -0.4 is 10.6 Å². The summed E-state index contributed by atoms with van der Waals surface area (Å²) in [7, 11) is 0. The minimum atomic E-state index is 0.798. The molecule has 1 aliphatic carbocycles. The van der Waals surface area contributed by atoms with Crippen molar-refractivity contribution in [3.63, 3.8) is 0 Å². The van der Waals surface area contributed by atoms with Crippen molar-refractivity contribution in [3.8, 4) is 0 Å². The smallest absolute Gasteiger partial charge is 0.0372 e. The molecule has 2 aliphatic rings. The first-order valence-corrected chi connectivity index (χ1v) is 6.88. The molecule has 92 valence electrons. The second-order valence-corrected chi connectivity index (χ2v) is 5.63. The number of aryl methyl sites for hydroxylation is 1. The van der Waals surface area contributed by atoms with E-state index in [1.807, 2.05) is 0 Å². The molecule has 1 aliphatic heterocycles. The SMILES string of the molecule is Cc1cc(N2CCC3CCCCC32)ccc1N. The van der Waals surface area contributed by atoms with Crippen molar-refractivity contribution in [2.75, 3.05) is 17.2 Å². The Morgan fingerprint density at radius 3 is 2.82 bits per heavy atom. The first-order valence-electron chi connectivity index (χ1n) is 6.88. The molecule has 2 nitrogen and oxygen atoms in total. The van der Waals surface area contributed by atoms with Gasteiger partial charge in [-0.2, -0.15) is 0 Å². The lowest BCUT2D eigenvalue weighted by atomic mass is 9.85. The Hall–Kier alpha value is -1.18. The number of rotatable bonds is 1. The highest BCUT2D eigenvalue weighted by Gasteiger charge is 2.35. The number of fused-ring (bicyclic) bond motifs is 1. The average Bonchev–Trinajstić information content (AvgIpc) is 2.76. The molecular weight excluding hydrogens is 208 g/mol. The van der Waals surface area contributed by atoms with Gasteiger partial charge in [-0.25, -0.2) is 0 Å². The van der Waals surface area contributed by atoms with Gasteiger partial charge >= 0.3 is 0 Å². The van der Waals surface area contributed by atoms with E-state index in [4.69, 9.17) is 5.73 Å². The van der Waals surface area contributed by atoms with Crippen LogP contribution in [0.3, 0.4) is 0 Å². The predicted molar refractivity (Wildman–Crippen MR) is 73.3 cm³/mol. The van der Waals surface area contributed by atoms with Gasteiger partial charge in [-0.05, 0) is 55.9 Å². The van der Waals surface area contributed by atoms with Crippen molar-refractivity contribution >= 4 is 11.4 Å². The molecule has 1 aromatic rings. The molecule has 1 aromatic carbocycles. The van der Waals surface area contributed by atoms with Gasteiger partial charge in [0.05, 0.1) is 0 Å². The van der Waals surface area contributed by atoms with Crippen LogP contribution in [-0.4, -0.2) is 12.6 Å². The Labute approximate surface area is 104 Å². The summed E-state index contributed by atoms with van der Waals surface area (Å²) in [6, 6.07) is 7.30. The molecule has 0 aromatic heterocycles.